The van der Waals surface area contributed by atoms with E-state index in [9.17, 15) is 0 Å². The average molecular weight is 292 g/mol. The third-order valence-corrected chi connectivity index (χ3v) is 4.53. The third kappa shape index (κ3) is 2.26. The Bertz CT molecular complexity index is 627. The van der Waals surface area contributed by atoms with Gasteiger partial charge in [0.25, 0.3) is 0 Å². The lowest BCUT2D eigenvalue weighted by atomic mass is 10.1. The van der Waals surface area contributed by atoms with Gasteiger partial charge in [-0.15, -0.1) is 11.3 Å². The molecule has 6 heteroatoms. The highest BCUT2D eigenvalue weighted by molar-refractivity contribution is 7.80. The molecule has 0 aromatic carbocycles. The minimum Gasteiger partial charge on any atom is -0.374 e. The standard InChI is InChI=1S/C13H16N4S2/c1-8-6-10(19-7-8)11-9-4-2-3-5-15-12(9)17(16-11)13(14)18/h6-7,15H,2-5H2,1H3,(H2,14,18). The number of thiocarbonyl (C=S) groups is 1. The Morgan fingerprint density at radius 3 is 3.05 bits per heavy atom. The average Bonchev–Trinajstić information content (AvgIpc) is 2.86. The topological polar surface area (TPSA) is 55.9 Å². The number of hydrogen-bond acceptors (Lipinski definition) is 4. The maximum Gasteiger partial charge on any atom is 0.193 e. The van der Waals surface area contributed by atoms with Gasteiger partial charge in [-0.2, -0.15) is 9.78 Å². The zero-order valence-corrected chi connectivity index (χ0v) is 12.4. The van der Waals surface area contributed by atoms with Crippen molar-refractivity contribution in [3.05, 3.63) is 22.6 Å². The summed E-state index contributed by atoms with van der Waals surface area (Å²) in [5, 5.41) is 10.5. The molecule has 1 aliphatic heterocycles. The summed E-state index contributed by atoms with van der Waals surface area (Å²) in [7, 11) is 0. The summed E-state index contributed by atoms with van der Waals surface area (Å²) in [6.07, 6.45) is 3.35. The Balaban J connectivity index is 2.16. The number of anilines is 1. The number of aromatic nitrogens is 2. The zero-order valence-electron chi connectivity index (χ0n) is 10.8. The third-order valence-electron chi connectivity index (χ3n) is 3.30. The Kier molecular flexibility index (Phi) is 3.28. The van der Waals surface area contributed by atoms with Gasteiger partial charge in [0.1, 0.15) is 11.5 Å². The van der Waals surface area contributed by atoms with Crippen molar-refractivity contribution in [1.29, 1.82) is 0 Å². The first-order valence-electron chi connectivity index (χ1n) is 6.38. The van der Waals surface area contributed by atoms with Crippen molar-refractivity contribution in [2.45, 2.75) is 26.2 Å². The van der Waals surface area contributed by atoms with E-state index < -0.39 is 0 Å². The van der Waals surface area contributed by atoms with E-state index in [1.165, 1.54) is 22.4 Å². The van der Waals surface area contributed by atoms with Gasteiger partial charge in [-0.25, -0.2) is 0 Å². The molecule has 0 aliphatic carbocycles. The Morgan fingerprint density at radius 2 is 2.37 bits per heavy atom. The van der Waals surface area contributed by atoms with Gasteiger partial charge in [-0.05, 0) is 55.4 Å². The highest BCUT2D eigenvalue weighted by atomic mass is 32.1. The van der Waals surface area contributed by atoms with Crippen LogP contribution in [0.25, 0.3) is 10.6 Å². The zero-order chi connectivity index (χ0) is 13.4. The quantitative estimate of drug-likeness (QED) is 0.794. The molecule has 3 heterocycles. The van der Waals surface area contributed by atoms with E-state index in [0.717, 1.165) is 30.9 Å². The van der Waals surface area contributed by atoms with E-state index in [4.69, 9.17) is 18.0 Å². The Hall–Kier alpha value is -1.40. The molecule has 1 aliphatic rings. The first-order chi connectivity index (χ1) is 9.16. The molecule has 3 N–H and O–H groups in total. The van der Waals surface area contributed by atoms with Gasteiger partial charge in [0, 0.05) is 12.1 Å². The van der Waals surface area contributed by atoms with Crippen molar-refractivity contribution in [2.75, 3.05) is 11.9 Å². The summed E-state index contributed by atoms with van der Waals surface area (Å²) in [6.45, 7) is 3.05. The molecule has 2 aromatic heterocycles. The van der Waals surface area contributed by atoms with Crippen LogP contribution in [0, 0.1) is 6.92 Å². The molecule has 19 heavy (non-hydrogen) atoms. The van der Waals surface area contributed by atoms with E-state index in [1.807, 2.05) is 0 Å². The van der Waals surface area contributed by atoms with Crippen LogP contribution in [-0.4, -0.2) is 21.4 Å². The van der Waals surface area contributed by atoms with Crippen LogP contribution in [0.3, 0.4) is 0 Å². The van der Waals surface area contributed by atoms with E-state index in [2.05, 4.69) is 28.8 Å². The number of rotatable bonds is 1. The number of nitrogens with zero attached hydrogens (tertiary/aromatic N) is 2. The van der Waals surface area contributed by atoms with Gasteiger partial charge in [0.2, 0.25) is 0 Å². The van der Waals surface area contributed by atoms with Gasteiger partial charge in [0.15, 0.2) is 5.11 Å². The maximum atomic E-state index is 5.78. The molecule has 0 amide bonds. The van der Waals surface area contributed by atoms with Crippen molar-refractivity contribution >= 4 is 34.5 Å². The highest BCUT2D eigenvalue weighted by Crippen LogP contribution is 2.35. The predicted octanol–water partition coefficient (Wildman–Crippen LogP) is 2.76. The number of nitrogens with one attached hydrogen (secondary N) is 1. The lowest BCUT2D eigenvalue weighted by Gasteiger charge is -2.06. The van der Waals surface area contributed by atoms with Crippen LogP contribution in [0.1, 0.15) is 24.0 Å². The number of nitrogens with two attached hydrogens (primary N) is 1. The number of thiophene rings is 1. The molecule has 0 fully saturated rings. The molecule has 0 atom stereocenters. The summed E-state index contributed by atoms with van der Waals surface area (Å²) in [5.41, 5.74) is 9.31. The van der Waals surface area contributed by atoms with Gasteiger partial charge in [-0.3, -0.25) is 0 Å². The molecule has 4 nitrogen and oxygen atoms in total. The monoisotopic (exact) mass is 292 g/mol. The highest BCUT2D eigenvalue weighted by Gasteiger charge is 2.22. The molecule has 2 aromatic rings. The summed E-state index contributed by atoms with van der Waals surface area (Å²) in [5.74, 6) is 0.978. The fraction of sp³-hybridized carbons (Fsp3) is 0.385. The molecule has 0 saturated heterocycles. The van der Waals surface area contributed by atoms with Gasteiger partial charge in [0.05, 0.1) is 4.88 Å². The van der Waals surface area contributed by atoms with Crippen LogP contribution in [-0.2, 0) is 6.42 Å². The van der Waals surface area contributed by atoms with Crippen molar-refractivity contribution in [2.24, 2.45) is 5.73 Å². The normalized spacial score (nSPS) is 14.6. The van der Waals surface area contributed by atoms with Crippen LogP contribution in [0.2, 0.25) is 0 Å². The Labute approximate surface area is 121 Å². The maximum absolute atomic E-state index is 5.78. The van der Waals surface area contributed by atoms with Crippen LogP contribution in [0.4, 0.5) is 5.82 Å². The van der Waals surface area contributed by atoms with Crippen LogP contribution < -0.4 is 11.1 Å². The predicted molar refractivity (Wildman–Crippen MR) is 83.9 cm³/mol. The second-order valence-electron chi connectivity index (χ2n) is 4.80. The van der Waals surface area contributed by atoms with Crippen molar-refractivity contribution < 1.29 is 0 Å². The minimum absolute atomic E-state index is 0.296. The molecule has 0 spiro atoms. The second kappa shape index (κ2) is 4.94. The molecule has 100 valence electrons. The van der Waals surface area contributed by atoms with E-state index >= 15 is 0 Å². The van der Waals surface area contributed by atoms with Crippen LogP contribution in [0.5, 0.6) is 0 Å². The number of aryl methyl sites for hydroxylation is 1. The number of hydrogen-bond donors (Lipinski definition) is 2. The molecule has 0 radical (unpaired) electrons. The molecular weight excluding hydrogens is 276 g/mol. The molecule has 0 saturated carbocycles. The Morgan fingerprint density at radius 1 is 1.53 bits per heavy atom. The van der Waals surface area contributed by atoms with Crippen LogP contribution in [0.15, 0.2) is 11.4 Å². The van der Waals surface area contributed by atoms with Crippen molar-refractivity contribution in [3.63, 3.8) is 0 Å². The largest absolute Gasteiger partial charge is 0.374 e. The molecular formula is C13H16N4S2. The van der Waals surface area contributed by atoms with Crippen molar-refractivity contribution in [3.8, 4) is 10.6 Å². The van der Waals surface area contributed by atoms with E-state index in [1.54, 1.807) is 16.0 Å². The number of fused-ring (bicyclic) bond motifs is 1. The van der Waals surface area contributed by atoms with Gasteiger partial charge >= 0.3 is 0 Å². The lowest BCUT2D eigenvalue weighted by Crippen LogP contribution is -2.22. The summed E-state index contributed by atoms with van der Waals surface area (Å²) in [4.78, 5) is 1.19. The van der Waals surface area contributed by atoms with E-state index in [-0.39, 0.29) is 0 Å². The minimum atomic E-state index is 0.296. The van der Waals surface area contributed by atoms with E-state index in [0.29, 0.717) is 5.11 Å². The van der Waals surface area contributed by atoms with Crippen molar-refractivity contribution in [1.82, 2.24) is 9.78 Å². The molecule has 0 bridgehead atoms. The summed E-state index contributed by atoms with van der Waals surface area (Å²) >= 11 is 6.82. The summed E-state index contributed by atoms with van der Waals surface area (Å²) < 4.78 is 1.67. The smallest absolute Gasteiger partial charge is 0.193 e. The SMILES string of the molecule is Cc1csc(-c2nn(C(N)=S)c3c2CCCCN3)c1. The van der Waals surface area contributed by atoms with Gasteiger partial charge in [-0.1, -0.05) is 0 Å². The molecule has 3 rings (SSSR count). The fourth-order valence-electron chi connectivity index (χ4n) is 2.42. The van der Waals surface area contributed by atoms with Crippen LogP contribution >= 0.6 is 23.6 Å². The lowest BCUT2D eigenvalue weighted by molar-refractivity contribution is 0.782. The summed E-state index contributed by atoms with van der Waals surface area (Å²) in [6, 6.07) is 2.17. The van der Waals surface area contributed by atoms with Gasteiger partial charge < -0.3 is 11.1 Å². The fourth-order valence-corrected chi connectivity index (χ4v) is 3.46. The molecule has 0 unspecified atom stereocenters. The first kappa shape index (κ1) is 12.6. The second-order valence-corrected chi connectivity index (χ2v) is 6.13. The first-order valence-corrected chi connectivity index (χ1v) is 7.66.